The molecular weight excluding hydrogens is 186 g/mol. The summed E-state index contributed by atoms with van der Waals surface area (Å²) in [4.78, 5) is 0. The van der Waals surface area contributed by atoms with E-state index in [9.17, 15) is 0 Å². The number of benzene rings is 1. The molecule has 1 heterocycles. The maximum atomic E-state index is 4.16. The molecule has 2 aliphatic rings. The van der Waals surface area contributed by atoms with Crippen LogP contribution in [0.3, 0.4) is 0 Å². The summed E-state index contributed by atoms with van der Waals surface area (Å²) in [5, 5.41) is 7.94. The highest BCUT2D eigenvalue weighted by Gasteiger charge is 2.25. The zero-order valence-electron chi connectivity index (χ0n) is 8.90. The highest BCUT2D eigenvalue weighted by molar-refractivity contribution is 5.69. The third-order valence-electron chi connectivity index (χ3n) is 3.47. The Bertz CT molecular complexity index is 417. The van der Waals surface area contributed by atoms with Crippen LogP contribution in [-0.4, -0.2) is 0 Å². The van der Waals surface area contributed by atoms with Crippen molar-refractivity contribution < 1.29 is 0 Å². The van der Waals surface area contributed by atoms with Gasteiger partial charge in [0.25, 0.3) is 0 Å². The fourth-order valence-electron chi connectivity index (χ4n) is 2.73. The Hall–Kier alpha value is -1.38. The first-order chi connectivity index (χ1) is 7.36. The lowest BCUT2D eigenvalue weighted by Crippen LogP contribution is -1.96. The van der Waals surface area contributed by atoms with Crippen molar-refractivity contribution in [3.63, 3.8) is 0 Å². The van der Waals surface area contributed by atoms with Gasteiger partial charge in [0.2, 0.25) is 0 Å². The molecule has 0 amide bonds. The Morgan fingerprint density at radius 3 is 2.80 bits per heavy atom. The second kappa shape index (κ2) is 3.33. The number of nitrogens with zero attached hydrogens (tertiary/aromatic N) is 3. The second-order valence-electron chi connectivity index (χ2n) is 4.43. The third kappa shape index (κ3) is 1.34. The van der Waals surface area contributed by atoms with Crippen molar-refractivity contribution in [1.82, 2.24) is 5.43 Å². The fourth-order valence-corrected chi connectivity index (χ4v) is 2.73. The van der Waals surface area contributed by atoms with Crippen LogP contribution in [0.5, 0.6) is 0 Å². The zero-order chi connectivity index (χ0) is 10.3. The third-order valence-corrected chi connectivity index (χ3v) is 3.47. The van der Waals surface area contributed by atoms with Crippen LogP contribution in [0.15, 0.2) is 22.5 Å². The lowest BCUT2D eigenvalue weighted by atomic mass is 9.91. The number of fused-ring (bicyclic) bond motifs is 1. The van der Waals surface area contributed by atoms with Crippen LogP contribution < -0.4 is 5.43 Å². The maximum absolute atomic E-state index is 4.16. The van der Waals surface area contributed by atoms with Gasteiger partial charge in [0.1, 0.15) is 11.4 Å². The van der Waals surface area contributed by atoms with E-state index in [-0.39, 0.29) is 0 Å². The van der Waals surface area contributed by atoms with Crippen molar-refractivity contribution in [1.29, 1.82) is 0 Å². The van der Waals surface area contributed by atoms with E-state index in [0.29, 0.717) is 5.92 Å². The highest BCUT2D eigenvalue weighted by Crippen LogP contribution is 2.45. The van der Waals surface area contributed by atoms with Gasteiger partial charge in [-0.3, -0.25) is 0 Å². The molecule has 1 aliphatic carbocycles. The molecule has 1 aliphatic heterocycles. The molecule has 0 N–H and O–H groups in total. The summed E-state index contributed by atoms with van der Waals surface area (Å²) in [5.41, 5.74) is 8.75. The van der Waals surface area contributed by atoms with E-state index in [1.807, 2.05) is 6.07 Å². The van der Waals surface area contributed by atoms with Crippen LogP contribution in [0.4, 0.5) is 11.4 Å². The molecule has 0 saturated heterocycles. The molecule has 1 aromatic carbocycles. The lowest BCUT2D eigenvalue weighted by molar-refractivity contribution is 0.719. The van der Waals surface area contributed by atoms with E-state index in [4.69, 9.17) is 0 Å². The molecule has 3 rings (SSSR count). The van der Waals surface area contributed by atoms with Crippen LogP contribution in [0.2, 0.25) is 0 Å². The van der Waals surface area contributed by atoms with Gasteiger partial charge in [0.05, 0.1) is 0 Å². The molecule has 0 bridgehead atoms. The quantitative estimate of drug-likeness (QED) is 0.659. The molecule has 77 valence electrons. The minimum Gasteiger partial charge on any atom is -0.128 e. The summed E-state index contributed by atoms with van der Waals surface area (Å²) in [6.45, 7) is 2.17. The minimum absolute atomic E-state index is 0.687. The van der Waals surface area contributed by atoms with Gasteiger partial charge < -0.3 is 0 Å². The van der Waals surface area contributed by atoms with E-state index >= 15 is 0 Å². The van der Waals surface area contributed by atoms with Gasteiger partial charge in [-0.05, 0) is 48.1 Å². The van der Waals surface area contributed by atoms with E-state index < -0.39 is 0 Å². The molecule has 3 heteroatoms. The van der Waals surface area contributed by atoms with Gasteiger partial charge in [-0.2, -0.15) is 0 Å². The average Bonchev–Trinajstić information content (AvgIpc) is 2.85. The predicted molar refractivity (Wildman–Crippen MR) is 58.7 cm³/mol. The van der Waals surface area contributed by atoms with Crippen LogP contribution in [0.25, 0.3) is 0 Å². The first-order valence-electron chi connectivity index (χ1n) is 5.61. The van der Waals surface area contributed by atoms with Crippen molar-refractivity contribution in [2.75, 3.05) is 0 Å². The van der Waals surface area contributed by atoms with E-state index in [1.165, 1.54) is 36.8 Å². The monoisotopic (exact) mass is 200 g/mol. The average molecular weight is 200 g/mol. The van der Waals surface area contributed by atoms with Gasteiger partial charge in [-0.15, -0.1) is 10.5 Å². The van der Waals surface area contributed by atoms with Crippen LogP contribution >= 0.6 is 0 Å². The summed E-state index contributed by atoms with van der Waals surface area (Å²) < 4.78 is 0. The van der Waals surface area contributed by atoms with Crippen molar-refractivity contribution in [2.45, 2.75) is 38.5 Å². The van der Waals surface area contributed by atoms with E-state index in [0.717, 1.165) is 11.4 Å². The molecule has 0 unspecified atom stereocenters. The zero-order valence-corrected chi connectivity index (χ0v) is 8.90. The molecule has 0 spiro atoms. The van der Waals surface area contributed by atoms with Crippen molar-refractivity contribution in [3.05, 3.63) is 23.3 Å². The number of rotatable bonds is 1. The topological polar surface area (TPSA) is 38.8 Å². The maximum Gasteiger partial charge on any atom is 0.119 e. The van der Waals surface area contributed by atoms with Gasteiger partial charge in [-0.25, -0.2) is 0 Å². The van der Waals surface area contributed by atoms with Gasteiger partial charge >= 0.3 is 0 Å². The Morgan fingerprint density at radius 1 is 1.20 bits per heavy atom. The second-order valence-corrected chi connectivity index (χ2v) is 4.43. The predicted octanol–water partition coefficient (Wildman–Crippen LogP) is 3.90. The van der Waals surface area contributed by atoms with Gasteiger partial charge in [0.15, 0.2) is 0 Å². The molecule has 1 aromatic rings. The van der Waals surface area contributed by atoms with Gasteiger partial charge in [0, 0.05) is 0 Å². The Balaban J connectivity index is 2.11. The largest absolute Gasteiger partial charge is 0.128 e. The molecular formula is C12H14N3. The van der Waals surface area contributed by atoms with Crippen molar-refractivity contribution in [2.24, 2.45) is 10.3 Å². The molecule has 1 radical (unpaired) electrons. The standard InChI is InChI=1S/C12H14N3/c1-8-6-7-10-12(14-15-13-10)11(8)9-4-2-3-5-9/h6-7,9H,2-5H2,1H3. The summed E-state index contributed by atoms with van der Waals surface area (Å²) in [7, 11) is 0. The molecule has 3 nitrogen and oxygen atoms in total. The van der Waals surface area contributed by atoms with E-state index in [2.05, 4.69) is 28.8 Å². The first kappa shape index (κ1) is 8.89. The molecule has 1 fully saturated rings. The van der Waals surface area contributed by atoms with Crippen LogP contribution in [-0.2, 0) is 0 Å². The van der Waals surface area contributed by atoms with Gasteiger partial charge in [-0.1, -0.05) is 18.9 Å². The Morgan fingerprint density at radius 2 is 2.00 bits per heavy atom. The highest BCUT2D eigenvalue weighted by atomic mass is 15.5. The summed E-state index contributed by atoms with van der Waals surface area (Å²) >= 11 is 0. The number of hydrogen-bond acceptors (Lipinski definition) is 2. The van der Waals surface area contributed by atoms with Crippen molar-refractivity contribution in [3.8, 4) is 0 Å². The minimum atomic E-state index is 0.687. The van der Waals surface area contributed by atoms with E-state index in [1.54, 1.807) is 0 Å². The number of hydrogen-bond donors (Lipinski definition) is 0. The first-order valence-corrected chi connectivity index (χ1v) is 5.61. The fraction of sp³-hybridized carbons (Fsp3) is 0.500. The Kier molecular flexibility index (Phi) is 1.97. The molecule has 15 heavy (non-hydrogen) atoms. The summed E-state index contributed by atoms with van der Waals surface area (Å²) in [6.07, 6.45) is 5.30. The molecule has 0 atom stereocenters. The normalized spacial score (nSPS) is 19.3. The van der Waals surface area contributed by atoms with Crippen LogP contribution in [0.1, 0.15) is 42.7 Å². The smallest absolute Gasteiger partial charge is 0.119 e. The number of aryl methyl sites for hydroxylation is 1. The molecule has 0 aromatic heterocycles. The summed E-state index contributed by atoms with van der Waals surface area (Å²) in [5.74, 6) is 0.687. The summed E-state index contributed by atoms with van der Waals surface area (Å²) in [6, 6.07) is 4.16. The van der Waals surface area contributed by atoms with Crippen LogP contribution in [0, 0.1) is 6.92 Å². The molecule has 1 saturated carbocycles. The Labute approximate surface area is 89.6 Å². The van der Waals surface area contributed by atoms with Crippen molar-refractivity contribution >= 4 is 11.4 Å². The SMILES string of the molecule is Cc1ccc2c(c1C1CCCC1)N=N[N]2. The lowest BCUT2D eigenvalue weighted by Gasteiger charge is -2.14.